The third kappa shape index (κ3) is 3.18. The van der Waals surface area contributed by atoms with E-state index in [4.69, 9.17) is 11.5 Å². The molecule has 0 aromatic rings. The number of rotatable bonds is 3. The first-order valence-corrected chi connectivity index (χ1v) is 3.80. The van der Waals surface area contributed by atoms with Crippen LogP contribution in [0.1, 0.15) is 20.8 Å². The molecule has 64 valence electrons. The van der Waals surface area contributed by atoms with Crippen molar-refractivity contribution in [1.29, 1.82) is 0 Å². The first kappa shape index (κ1) is 10.2. The molecule has 0 aromatic heterocycles. The second kappa shape index (κ2) is 4.91. The first-order valence-electron chi connectivity index (χ1n) is 3.80. The summed E-state index contributed by atoms with van der Waals surface area (Å²) in [6.45, 7) is 7.02. The lowest BCUT2D eigenvalue weighted by Crippen LogP contribution is -2.15. The summed E-state index contributed by atoms with van der Waals surface area (Å²) in [6, 6.07) is 0. The van der Waals surface area contributed by atoms with Crippen LogP contribution in [0.4, 0.5) is 0 Å². The van der Waals surface area contributed by atoms with E-state index in [1.807, 2.05) is 20.8 Å². The van der Waals surface area contributed by atoms with Gasteiger partial charge in [0.1, 0.15) is 0 Å². The van der Waals surface area contributed by atoms with Crippen molar-refractivity contribution in [1.82, 2.24) is 0 Å². The molecule has 0 spiro atoms. The first-order chi connectivity index (χ1) is 5.13. The summed E-state index contributed by atoms with van der Waals surface area (Å²) in [4.78, 5) is 4.22. The summed E-state index contributed by atoms with van der Waals surface area (Å²) in [5.41, 5.74) is 13.8. The van der Waals surface area contributed by atoms with E-state index < -0.39 is 0 Å². The molecule has 0 amide bonds. The van der Waals surface area contributed by atoms with Crippen LogP contribution >= 0.6 is 0 Å². The molecule has 0 rings (SSSR count). The minimum atomic E-state index is 0.470. The fraction of sp³-hybridized carbons (Fsp3) is 0.625. The van der Waals surface area contributed by atoms with Gasteiger partial charge >= 0.3 is 0 Å². The van der Waals surface area contributed by atoms with Gasteiger partial charge in [-0.2, -0.15) is 0 Å². The van der Waals surface area contributed by atoms with Crippen LogP contribution in [0.15, 0.2) is 16.3 Å². The number of allylic oxidation sites excluding steroid dienone is 1. The van der Waals surface area contributed by atoms with Crippen molar-refractivity contribution in [3.05, 3.63) is 11.3 Å². The number of hydrogen-bond acceptors (Lipinski definition) is 3. The molecule has 0 aliphatic rings. The third-order valence-corrected chi connectivity index (χ3v) is 1.51. The van der Waals surface area contributed by atoms with Crippen molar-refractivity contribution in [3.8, 4) is 0 Å². The largest absolute Gasteiger partial charge is 0.402 e. The van der Waals surface area contributed by atoms with Crippen LogP contribution in [-0.4, -0.2) is 18.8 Å². The van der Waals surface area contributed by atoms with Crippen molar-refractivity contribution in [2.75, 3.05) is 13.1 Å². The summed E-state index contributed by atoms with van der Waals surface area (Å²) in [6.07, 6.45) is 0. The predicted molar refractivity (Wildman–Crippen MR) is 49.6 cm³/mol. The van der Waals surface area contributed by atoms with Crippen molar-refractivity contribution in [2.24, 2.45) is 16.5 Å². The average Bonchev–Trinajstić information content (AvgIpc) is 1.88. The maximum Gasteiger partial charge on any atom is 0.0379 e. The number of nitrogens with zero attached hydrogens (tertiary/aromatic N) is 1. The van der Waals surface area contributed by atoms with Gasteiger partial charge in [0.05, 0.1) is 0 Å². The summed E-state index contributed by atoms with van der Waals surface area (Å²) in [5.74, 6) is 0. The van der Waals surface area contributed by atoms with E-state index in [1.54, 1.807) is 0 Å². The summed E-state index contributed by atoms with van der Waals surface area (Å²) in [7, 11) is 0. The van der Waals surface area contributed by atoms with Gasteiger partial charge in [0, 0.05) is 30.1 Å². The Balaban J connectivity index is 4.53. The van der Waals surface area contributed by atoms with Crippen LogP contribution in [0.25, 0.3) is 0 Å². The Morgan fingerprint density at radius 1 is 1.36 bits per heavy atom. The zero-order chi connectivity index (χ0) is 8.85. The Morgan fingerprint density at radius 2 is 1.91 bits per heavy atom. The van der Waals surface area contributed by atoms with Crippen LogP contribution in [0.5, 0.6) is 0 Å². The van der Waals surface area contributed by atoms with Gasteiger partial charge in [-0.3, -0.25) is 4.99 Å². The summed E-state index contributed by atoms with van der Waals surface area (Å²) in [5, 5.41) is 0. The van der Waals surface area contributed by atoms with E-state index in [-0.39, 0.29) is 0 Å². The summed E-state index contributed by atoms with van der Waals surface area (Å²) >= 11 is 0. The van der Waals surface area contributed by atoms with E-state index in [0.717, 1.165) is 23.5 Å². The van der Waals surface area contributed by atoms with E-state index in [9.17, 15) is 0 Å². The topological polar surface area (TPSA) is 64.4 Å². The highest BCUT2D eigenvalue weighted by Crippen LogP contribution is 1.99. The molecular weight excluding hydrogens is 138 g/mol. The van der Waals surface area contributed by atoms with Gasteiger partial charge in [-0.1, -0.05) is 0 Å². The van der Waals surface area contributed by atoms with Crippen molar-refractivity contribution < 1.29 is 0 Å². The quantitative estimate of drug-likeness (QED) is 0.588. The monoisotopic (exact) mass is 155 g/mol. The lowest BCUT2D eigenvalue weighted by molar-refractivity contribution is 1.09. The maximum atomic E-state index is 5.60. The Morgan fingerprint density at radius 3 is 2.18 bits per heavy atom. The molecule has 0 saturated carbocycles. The fourth-order valence-corrected chi connectivity index (χ4v) is 0.927. The van der Waals surface area contributed by atoms with Crippen molar-refractivity contribution in [3.63, 3.8) is 0 Å². The fourth-order valence-electron chi connectivity index (χ4n) is 0.927. The SMILES string of the molecule is CCN=C(C)/C(CN)=C(/C)N. The molecular formula is C8H17N3. The third-order valence-electron chi connectivity index (χ3n) is 1.51. The van der Waals surface area contributed by atoms with Crippen LogP contribution in [0.3, 0.4) is 0 Å². The molecule has 0 heterocycles. The van der Waals surface area contributed by atoms with Gasteiger partial charge in [-0.25, -0.2) is 0 Å². The number of aliphatic imine (C=N–C) groups is 1. The number of hydrogen-bond donors (Lipinski definition) is 2. The van der Waals surface area contributed by atoms with E-state index in [2.05, 4.69) is 4.99 Å². The van der Waals surface area contributed by atoms with Gasteiger partial charge in [0.15, 0.2) is 0 Å². The van der Waals surface area contributed by atoms with Crippen LogP contribution < -0.4 is 11.5 Å². The highest BCUT2D eigenvalue weighted by Gasteiger charge is 2.00. The van der Waals surface area contributed by atoms with Gasteiger partial charge in [-0.15, -0.1) is 0 Å². The molecule has 0 aromatic carbocycles. The van der Waals surface area contributed by atoms with E-state index in [1.165, 1.54) is 0 Å². The van der Waals surface area contributed by atoms with Gasteiger partial charge < -0.3 is 11.5 Å². The lowest BCUT2D eigenvalue weighted by atomic mass is 10.1. The molecule has 0 unspecified atom stereocenters. The molecule has 0 aliphatic carbocycles. The molecule has 3 nitrogen and oxygen atoms in total. The van der Waals surface area contributed by atoms with Gasteiger partial charge in [0.25, 0.3) is 0 Å². The zero-order valence-electron chi connectivity index (χ0n) is 7.52. The highest BCUT2D eigenvalue weighted by molar-refractivity contribution is 5.99. The minimum absolute atomic E-state index is 0.470. The molecule has 0 radical (unpaired) electrons. The van der Waals surface area contributed by atoms with Crippen molar-refractivity contribution in [2.45, 2.75) is 20.8 Å². The predicted octanol–water partition coefficient (Wildman–Crippen LogP) is 0.659. The Kier molecular flexibility index (Phi) is 4.54. The zero-order valence-corrected chi connectivity index (χ0v) is 7.52. The minimum Gasteiger partial charge on any atom is -0.402 e. The molecule has 11 heavy (non-hydrogen) atoms. The Hall–Kier alpha value is -0.830. The Bertz CT molecular complexity index is 176. The second-order valence-electron chi connectivity index (χ2n) is 2.43. The number of nitrogens with two attached hydrogens (primary N) is 2. The molecule has 0 aliphatic heterocycles. The summed E-state index contributed by atoms with van der Waals surface area (Å²) < 4.78 is 0. The maximum absolute atomic E-state index is 5.60. The van der Waals surface area contributed by atoms with Gasteiger partial charge in [0.2, 0.25) is 0 Å². The van der Waals surface area contributed by atoms with Crippen molar-refractivity contribution >= 4 is 5.71 Å². The van der Waals surface area contributed by atoms with E-state index >= 15 is 0 Å². The lowest BCUT2D eigenvalue weighted by Gasteiger charge is -2.05. The van der Waals surface area contributed by atoms with Crippen LogP contribution in [0, 0.1) is 0 Å². The molecule has 0 atom stereocenters. The highest BCUT2D eigenvalue weighted by atomic mass is 14.7. The molecule has 0 fully saturated rings. The molecule has 4 N–H and O–H groups in total. The van der Waals surface area contributed by atoms with Gasteiger partial charge in [-0.05, 0) is 20.8 Å². The van der Waals surface area contributed by atoms with Crippen LogP contribution in [0.2, 0.25) is 0 Å². The molecule has 3 heteroatoms. The van der Waals surface area contributed by atoms with Crippen LogP contribution in [-0.2, 0) is 0 Å². The smallest absolute Gasteiger partial charge is 0.0379 e. The molecule has 0 bridgehead atoms. The molecule has 0 saturated heterocycles. The normalized spacial score (nSPS) is 14.7. The van der Waals surface area contributed by atoms with E-state index in [0.29, 0.717) is 6.54 Å². The average molecular weight is 155 g/mol. The Labute approximate surface area is 68.2 Å². The second-order valence-corrected chi connectivity index (χ2v) is 2.43. The standard InChI is InChI=1S/C8H17N3/c1-4-11-7(3)8(5-9)6(2)10/h4-5,9-10H2,1-3H3/b8-6-,11-7?.